The maximum absolute atomic E-state index is 12.5. The van der Waals surface area contributed by atoms with Crippen molar-refractivity contribution in [2.45, 2.75) is 38.3 Å². The van der Waals surface area contributed by atoms with E-state index in [1.807, 2.05) is 33.0 Å². The van der Waals surface area contributed by atoms with Crippen molar-refractivity contribution in [2.75, 3.05) is 5.43 Å². The van der Waals surface area contributed by atoms with Crippen molar-refractivity contribution in [2.24, 2.45) is 7.05 Å². The molecule has 3 aromatic heterocycles. The van der Waals surface area contributed by atoms with Crippen LogP contribution in [0.5, 0.6) is 0 Å². The maximum atomic E-state index is 12.5. The second-order valence-corrected chi connectivity index (χ2v) is 8.57. The number of fused-ring (bicyclic) bond motifs is 1. The van der Waals surface area contributed by atoms with Gasteiger partial charge in [0.15, 0.2) is 11.4 Å². The molecule has 0 atom stereocenters. The van der Waals surface area contributed by atoms with Gasteiger partial charge in [-0.05, 0) is 62.6 Å². The van der Waals surface area contributed by atoms with Gasteiger partial charge in [-0.25, -0.2) is 4.98 Å². The number of nitrogens with zero attached hydrogens (tertiary/aromatic N) is 3. The Labute approximate surface area is 185 Å². The number of carbonyl (C=O) groups is 1. The van der Waals surface area contributed by atoms with Crippen LogP contribution in [-0.2, 0) is 12.8 Å². The molecule has 0 saturated carbocycles. The third-order valence-corrected chi connectivity index (χ3v) is 6.48. The number of anilines is 1. The average Bonchev–Trinajstić information content (AvgIpc) is 3.30. The van der Waals surface area contributed by atoms with Gasteiger partial charge in [0.25, 0.3) is 0 Å². The normalized spacial score (nSPS) is 11.1. The van der Waals surface area contributed by atoms with Crippen LogP contribution in [0.1, 0.15) is 38.7 Å². The molecule has 0 unspecified atom stereocenters. The first-order valence-corrected chi connectivity index (χ1v) is 11.0. The number of furan rings is 1. The molecule has 3 heterocycles. The Kier molecular flexibility index (Phi) is 5.73. The molecule has 160 valence electrons. The van der Waals surface area contributed by atoms with E-state index in [-0.39, 0.29) is 11.7 Å². The van der Waals surface area contributed by atoms with E-state index in [1.165, 1.54) is 16.0 Å². The highest BCUT2D eigenvalue weighted by atomic mass is 32.2. The lowest BCUT2D eigenvalue weighted by molar-refractivity contribution is 0.0933. The summed E-state index contributed by atoms with van der Waals surface area (Å²) in [7, 11) is 1.85. The minimum atomic E-state index is -0.357. The van der Waals surface area contributed by atoms with Gasteiger partial charge in [0.1, 0.15) is 11.6 Å². The zero-order chi connectivity index (χ0) is 22.1. The Morgan fingerprint density at radius 2 is 1.84 bits per heavy atom. The monoisotopic (exact) mass is 435 g/mol. The van der Waals surface area contributed by atoms with Gasteiger partial charge in [0.2, 0.25) is 0 Å². The van der Waals surface area contributed by atoms with Crippen LogP contribution < -0.4 is 10.9 Å². The minimum Gasteiger partial charge on any atom is -0.455 e. The number of hydrogen-bond acceptors (Lipinski definition) is 6. The Bertz CT molecular complexity index is 1250. The Hall–Kier alpha value is -3.26. The lowest BCUT2D eigenvalue weighted by Gasteiger charge is -2.09. The fourth-order valence-electron chi connectivity index (χ4n) is 3.65. The molecule has 0 saturated heterocycles. The first-order valence-electron chi connectivity index (χ1n) is 9.98. The third kappa shape index (κ3) is 4.29. The van der Waals surface area contributed by atoms with Crippen LogP contribution in [0, 0.1) is 27.7 Å². The summed E-state index contributed by atoms with van der Waals surface area (Å²) in [5.74, 6) is 1.84. The molecule has 0 fully saturated rings. The maximum Gasteiger partial charge on any atom is 0.305 e. The first kappa shape index (κ1) is 21.0. The number of thioether (sulfide) groups is 1. The van der Waals surface area contributed by atoms with Crippen molar-refractivity contribution >= 4 is 34.5 Å². The van der Waals surface area contributed by atoms with E-state index in [0.29, 0.717) is 11.6 Å². The molecule has 2 N–H and O–H groups in total. The zero-order valence-corrected chi connectivity index (χ0v) is 19.1. The van der Waals surface area contributed by atoms with Crippen molar-refractivity contribution in [1.82, 2.24) is 20.2 Å². The molecule has 0 bridgehead atoms. The second kappa shape index (κ2) is 8.47. The number of amides is 1. The summed E-state index contributed by atoms with van der Waals surface area (Å²) >= 11 is 1.71. The summed E-state index contributed by atoms with van der Waals surface area (Å²) in [4.78, 5) is 18.3. The van der Waals surface area contributed by atoms with Crippen molar-refractivity contribution in [1.29, 1.82) is 0 Å². The molecule has 0 aliphatic rings. The fraction of sp³-hybridized carbons (Fsp3) is 0.261. The Morgan fingerprint density at radius 3 is 2.58 bits per heavy atom. The summed E-state index contributed by atoms with van der Waals surface area (Å²) in [5, 5.41) is 5.43. The van der Waals surface area contributed by atoms with Gasteiger partial charge in [-0.1, -0.05) is 18.2 Å². The van der Waals surface area contributed by atoms with Gasteiger partial charge < -0.3 is 4.42 Å². The summed E-state index contributed by atoms with van der Waals surface area (Å²) < 4.78 is 7.48. The van der Waals surface area contributed by atoms with Gasteiger partial charge in [-0.2, -0.15) is 5.10 Å². The summed E-state index contributed by atoms with van der Waals surface area (Å²) in [5.41, 5.74) is 10.7. The summed E-state index contributed by atoms with van der Waals surface area (Å²) in [6.45, 7) is 8.15. The number of carbonyl (C=O) groups excluding carboxylic acids is 1. The van der Waals surface area contributed by atoms with Crippen LogP contribution in [0.25, 0.3) is 11.0 Å². The number of nitrogens with one attached hydrogen (secondary N) is 2. The van der Waals surface area contributed by atoms with Crippen LogP contribution in [0.3, 0.4) is 0 Å². The SMILES string of the molecule is Cc1cccc(C)c1SCc1ccc(C(=O)NNc2cc(C)c3c(C)nn(C)c3n2)o1. The molecule has 1 aromatic carbocycles. The smallest absolute Gasteiger partial charge is 0.305 e. The fourth-order valence-corrected chi connectivity index (χ4v) is 4.69. The number of pyridine rings is 1. The van der Waals surface area contributed by atoms with E-state index < -0.39 is 0 Å². The lowest BCUT2D eigenvalue weighted by Crippen LogP contribution is -2.29. The van der Waals surface area contributed by atoms with Crippen molar-refractivity contribution in [3.05, 3.63) is 70.3 Å². The number of aromatic nitrogens is 3. The predicted octanol–water partition coefficient (Wildman–Crippen LogP) is 4.84. The van der Waals surface area contributed by atoms with Crippen molar-refractivity contribution < 1.29 is 9.21 Å². The molecule has 8 heteroatoms. The van der Waals surface area contributed by atoms with Gasteiger partial charge >= 0.3 is 5.91 Å². The summed E-state index contributed by atoms with van der Waals surface area (Å²) in [6, 6.07) is 11.7. The lowest BCUT2D eigenvalue weighted by atomic mass is 10.1. The van der Waals surface area contributed by atoms with Crippen LogP contribution in [-0.4, -0.2) is 20.7 Å². The zero-order valence-electron chi connectivity index (χ0n) is 18.2. The molecule has 0 aliphatic carbocycles. The molecule has 0 radical (unpaired) electrons. The minimum absolute atomic E-state index is 0.249. The molecular formula is C23H25N5O2S. The van der Waals surface area contributed by atoms with Crippen LogP contribution >= 0.6 is 11.8 Å². The summed E-state index contributed by atoms with van der Waals surface area (Å²) in [6.07, 6.45) is 0. The van der Waals surface area contributed by atoms with E-state index >= 15 is 0 Å². The van der Waals surface area contributed by atoms with E-state index in [0.717, 1.165) is 28.1 Å². The standard InChI is InChI=1S/C23H25N5O2S/c1-13-7-6-8-14(2)21(13)31-12-17-9-10-18(30-17)23(29)26-25-19-11-15(3)20-16(4)27-28(5)22(20)24-19/h6-11H,12H2,1-5H3,(H,24,25)(H,26,29). The number of rotatable bonds is 6. The molecule has 31 heavy (non-hydrogen) atoms. The first-order chi connectivity index (χ1) is 14.8. The third-order valence-electron chi connectivity index (χ3n) is 5.12. The van der Waals surface area contributed by atoms with Crippen molar-refractivity contribution in [3.63, 3.8) is 0 Å². The van der Waals surface area contributed by atoms with Gasteiger partial charge in [-0.15, -0.1) is 11.8 Å². The quantitative estimate of drug-likeness (QED) is 0.333. The number of hydrazine groups is 1. The van der Waals surface area contributed by atoms with Gasteiger partial charge in [0.05, 0.1) is 11.4 Å². The number of hydrogen-bond donors (Lipinski definition) is 2. The molecule has 0 spiro atoms. The van der Waals surface area contributed by atoms with Crippen LogP contribution in [0.2, 0.25) is 0 Å². The van der Waals surface area contributed by atoms with E-state index in [2.05, 4.69) is 53.0 Å². The Morgan fingerprint density at radius 1 is 1.10 bits per heavy atom. The van der Waals surface area contributed by atoms with Gasteiger partial charge in [-0.3, -0.25) is 20.3 Å². The van der Waals surface area contributed by atoms with Gasteiger partial charge in [0, 0.05) is 17.3 Å². The Balaban J connectivity index is 1.40. The topological polar surface area (TPSA) is 85.0 Å². The van der Waals surface area contributed by atoms with Crippen molar-refractivity contribution in [3.8, 4) is 0 Å². The molecule has 1 amide bonds. The highest BCUT2D eigenvalue weighted by Gasteiger charge is 2.14. The van der Waals surface area contributed by atoms with E-state index in [1.54, 1.807) is 22.5 Å². The van der Waals surface area contributed by atoms with Crippen LogP contribution in [0.15, 0.2) is 45.7 Å². The highest BCUT2D eigenvalue weighted by molar-refractivity contribution is 7.98. The molecular weight excluding hydrogens is 410 g/mol. The van der Waals surface area contributed by atoms with Crippen LogP contribution in [0.4, 0.5) is 5.82 Å². The molecule has 7 nitrogen and oxygen atoms in total. The van der Waals surface area contributed by atoms with E-state index in [4.69, 9.17) is 4.42 Å². The number of aryl methyl sites for hydroxylation is 5. The molecule has 4 rings (SSSR count). The van der Waals surface area contributed by atoms with E-state index in [9.17, 15) is 4.79 Å². The average molecular weight is 436 g/mol. The molecule has 4 aromatic rings. The predicted molar refractivity (Wildman–Crippen MR) is 123 cm³/mol. The highest BCUT2D eigenvalue weighted by Crippen LogP contribution is 2.29. The largest absolute Gasteiger partial charge is 0.455 e. The molecule has 0 aliphatic heterocycles. The second-order valence-electron chi connectivity index (χ2n) is 7.59. The number of benzene rings is 1.